The normalized spacial score (nSPS) is 10.4. The summed E-state index contributed by atoms with van der Waals surface area (Å²) in [6, 6.07) is 0. The van der Waals surface area contributed by atoms with Gasteiger partial charge in [-0.3, -0.25) is 0 Å². The molecule has 0 atom stereocenters. The van der Waals surface area contributed by atoms with Gasteiger partial charge in [-0.25, -0.2) is 0 Å². The van der Waals surface area contributed by atoms with Crippen molar-refractivity contribution in [3.63, 3.8) is 0 Å². The molecule has 2 aromatic rings. The van der Waals surface area contributed by atoms with Crippen molar-refractivity contribution in [1.29, 1.82) is 0 Å². The zero-order valence-corrected chi connectivity index (χ0v) is 8.07. The Morgan fingerprint density at radius 3 is 2.59 bits per heavy atom. The zero-order valence-electron chi connectivity index (χ0n) is 8.07. The minimum absolute atomic E-state index is 0.183. The predicted octanol–water partition coefficient (Wildman–Crippen LogP) is -0.808. The molecule has 0 aromatic carbocycles. The van der Waals surface area contributed by atoms with Crippen molar-refractivity contribution in [2.75, 3.05) is 0 Å². The molecule has 17 heavy (non-hydrogen) atoms. The van der Waals surface area contributed by atoms with Gasteiger partial charge in [-0.1, -0.05) is 15.1 Å². The second-order valence-corrected chi connectivity index (χ2v) is 2.80. The van der Waals surface area contributed by atoms with E-state index >= 15 is 0 Å². The highest BCUT2D eigenvalue weighted by atomic mass is 16.6. The summed E-state index contributed by atoms with van der Waals surface area (Å²) >= 11 is 0. The monoisotopic (exact) mass is 240 g/mol. The lowest BCUT2D eigenvalue weighted by Gasteiger charge is -1.95. The molecule has 0 aliphatic rings. The molecule has 0 amide bonds. The molecule has 2 rings (SSSR count). The van der Waals surface area contributed by atoms with Gasteiger partial charge in [0.2, 0.25) is 19.3 Å². The van der Waals surface area contributed by atoms with Gasteiger partial charge in [0.1, 0.15) is 0 Å². The predicted molar refractivity (Wildman–Crippen MR) is 48.8 cm³/mol. The summed E-state index contributed by atoms with van der Waals surface area (Å²) < 4.78 is 1.97. The van der Waals surface area contributed by atoms with E-state index < -0.39 is 21.7 Å². The Labute approximate surface area is 91.8 Å². The molecule has 88 valence electrons. The van der Waals surface area contributed by atoms with Crippen LogP contribution in [0.5, 0.6) is 0 Å². The minimum atomic E-state index is -0.772. The second kappa shape index (κ2) is 3.92. The quantitative estimate of drug-likeness (QED) is 0.497. The summed E-state index contributed by atoms with van der Waals surface area (Å²) in [5.41, 5.74) is 0. The summed E-state index contributed by atoms with van der Waals surface area (Å²) in [7, 11) is 0. The molecule has 0 spiro atoms. The van der Waals surface area contributed by atoms with Gasteiger partial charge in [0.15, 0.2) is 0 Å². The van der Waals surface area contributed by atoms with Gasteiger partial charge in [-0.2, -0.15) is 0 Å². The maximum Gasteiger partial charge on any atom is 0.491 e. The van der Waals surface area contributed by atoms with Crippen LogP contribution in [0.2, 0.25) is 0 Å². The van der Waals surface area contributed by atoms with E-state index in [1.807, 2.05) is 0 Å². The number of aromatic nitrogens is 6. The Balaban J connectivity index is 2.22. The molecule has 0 fully saturated rings. The third-order valence-corrected chi connectivity index (χ3v) is 1.72. The summed E-state index contributed by atoms with van der Waals surface area (Å²) in [5.74, 6) is -1.07. The third kappa shape index (κ3) is 2.04. The van der Waals surface area contributed by atoms with Gasteiger partial charge in [-0.05, 0) is 9.85 Å². The van der Waals surface area contributed by atoms with Crippen molar-refractivity contribution in [2.24, 2.45) is 0 Å². The SMILES string of the molecule is O=[N+]([O-])c1ncn(Cn2ncnc2[N+](=O)[O-])n1. The first-order valence-corrected chi connectivity index (χ1v) is 4.14. The van der Waals surface area contributed by atoms with Gasteiger partial charge in [-0.15, -0.1) is 9.36 Å². The first-order valence-electron chi connectivity index (χ1n) is 4.14. The average molecular weight is 240 g/mol. The fourth-order valence-corrected chi connectivity index (χ4v) is 1.07. The molecule has 0 aliphatic carbocycles. The van der Waals surface area contributed by atoms with Crippen molar-refractivity contribution >= 4 is 11.9 Å². The summed E-state index contributed by atoms with van der Waals surface area (Å²) in [6.45, 7) is -0.183. The van der Waals surface area contributed by atoms with Gasteiger partial charge in [0.25, 0.3) is 0 Å². The molecule has 0 radical (unpaired) electrons. The van der Waals surface area contributed by atoms with Crippen LogP contribution in [-0.2, 0) is 6.67 Å². The summed E-state index contributed by atoms with van der Waals surface area (Å²) in [4.78, 5) is 26.1. The second-order valence-electron chi connectivity index (χ2n) is 2.80. The van der Waals surface area contributed by atoms with Crippen molar-refractivity contribution in [3.05, 3.63) is 32.9 Å². The number of hydrogen-bond donors (Lipinski definition) is 0. The number of hydrogen-bond acceptors (Lipinski definition) is 8. The van der Waals surface area contributed by atoms with E-state index in [0.717, 1.165) is 22.0 Å². The number of rotatable bonds is 4. The smallest absolute Gasteiger partial charge is 0.390 e. The van der Waals surface area contributed by atoms with Gasteiger partial charge >= 0.3 is 11.9 Å². The first kappa shape index (κ1) is 10.6. The molecular formula is C5H4N8O4. The van der Waals surface area contributed by atoms with Crippen LogP contribution < -0.4 is 0 Å². The Hall–Kier alpha value is -2.92. The Morgan fingerprint density at radius 1 is 1.24 bits per heavy atom. The maximum absolute atomic E-state index is 10.5. The lowest BCUT2D eigenvalue weighted by Crippen LogP contribution is -2.12. The standard InChI is InChI=1S/C5H4N8O4/c14-12(15)4-7-2-10(9-4)3-11-5(13(16)17)6-1-8-11/h1-2H,3H2. The van der Waals surface area contributed by atoms with Crippen molar-refractivity contribution < 1.29 is 9.85 Å². The number of nitro groups is 2. The van der Waals surface area contributed by atoms with E-state index in [0.29, 0.717) is 0 Å². The molecule has 0 unspecified atom stereocenters. The van der Waals surface area contributed by atoms with Gasteiger partial charge < -0.3 is 20.2 Å². The van der Waals surface area contributed by atoms with Gasteiger partial charge in [0.05, 0.1) is 0 Å². The van der Waals surface area contributed by atoms with Crippen LogP contribution in [0.4, 0.5) is 11.9 Å². The van der Waals surface area contributed by atoms with Crippen LogP contribution in [0.1, 0.15) is 0 Å². The van der Waals surface area contributed by atoms with E-state index in [-0.39, 0.29) is 6.67 Å². The lowest BCUT2D eigenvalue weighted by atomic mass is 10.9. The Kier molecular flexibility index (Phi) is 2.44. The van der Waals surface area contributed by atoms with Crippen LogP contribution >= 0.6 is 0 Å². The fourth-order valence-electron chi connectivity index (χ4n) is 1.07. The molecule has 0 saturated heterocycles. The highest BCUT2D eigenvalue weighted by molar-refractivity contribution is 5.01. The molecule has 0 saturated carbocycles. The molecular weight excluding hydrogens is 236 g/mol. The lowest BCUT2D eigenvalue weighted by molar-refractivity contribution is -0.397. The van der Waals surface area contributed by atoms with Crippen LogP contribution in [0.3, 0.4) is 0 Å². The first-order chi connectivity index (χ1) is 8.08. The average Bonchev–Trinajstić information content (AvgIpc) is 2.86. The Morgan fingerprint density at radius 2 is 2.00 bits per heavy atom. The van der Waals surface area contributed by atoms with Crippen LogP contribution in [0.15, 0.2) is 12.7 Å². The molecule has 0 N–H and O–H groups in total. The van der Waals surface area contributed by atoms with Crippen molar-refractivity contribution in [2.45, 2.75) is 6.67 Å². The Bertz CT molecular complexity index is 572. The molecule has 0 aliphatic heterocycles. The molecule has 2 heterocycles. The van der Waals surface area contributed by atoms with Crippen LogP contribution in [-0.4, -0.2) is 39.4 Å². The summed E-state index contributed by atoms with van der Waals surface area (Å²) in [6.07, 6.45) is 2.08. The summed E-state index contributed by atoms with van der Waals surface area (Å²) in [5, 5.41) is 27.9. The van der Waals surface area contributed by atoms with E-state index in [2.05, 4.69) is 20.2 Å². The molecule has 12 heteroatoms. The fraction of sp³-hybridized carbons (Fsp3) is 0.200. The molecule has 12 nitrogen and oxygen atoms in total. The highest BCUT2D eigenvalue weighted by Crippen LogP contribution is 2.05. The largest absolute Gasteiger partial charge is 0.491 e. The van der Waals surface area contributed by atoms with E-state index in [4.69, 9.17) is 0 Å². The van der Waals surface area contributed by atoms with Crippen LogP contribution in [0.25, 0.3) is 0 Å². The third-order valence-electron chi connectivity index (χ3n) is 1.72. The molecule has 0 bridgehead atoms. The maximum atomic E-state index is 10.5. The highest BCUT2D eigenvalue weighted by Gasteiger charge is 2.20. The van der Waals surface area contributed by atoms with E-state index in [1.54, 1.807) is 0 Å². The number of nitrogens with zero attached hydrogens (tertiary/aromatic N) is 8. The van der Waals surface area contributed by atoms with Gasteiger partial charge in [0, 0.05) is 5.10 Å². The zero-order chi connectivity index (χ0) is 12.4. The topological polar surface area (TPSA) is 148 Å². The van der Waals surface area contributed by atoms with E-state index in [9.17, 15) is 20.2 Å². The van der Waals surface area contributed by atoms with Crippen molar-refractivity contribution in [3.8, 4) is 0 Å². The van der Waals surface area contributed by atoms with E-state index in [1.165, 1.54) is 0 Å². The molecule has 2 aromatic heterocycles. The minimum Gasteiger partial charge on any atom is -0.390 e. The van der Waals surface area contributed by atoms with Crippen LogP contribution in [0, 0.1) is 20.2 Å². The van der Waals surface area contributed by atoms with Crippen molar-refractivity contribution in [1.82, 2.24) is 29.5 Å².